The molecule has 1 aromatic carbocycles. The molecule has 8 nitrogen and oxygen atoms in total. The molecule has 4 aliphatic rings. The highest BCUT2D eigenvalue weighted by Crippen LogP contribution is 2.46. The Bertz CT molecular complexity index is 881. The van der Waals surface area contributed by atoms with Crippen LogP contribution in [0.2, 0.25) is 0 Å². The van der Waals surface area contributed by atoms with Gasteiger partial charge in [0.15, 0.2) is 11.6 Å². The highest BCUT2D eigenvalue weighted by molar-refractivity contribution is 6.01. The predicted octanol–water partition coefficient (Wildman–Crippen LogP) is 3.11. The van der Waals surface area contributed by atoms with Crippen LogP contribution in [0.5, 0.6) is 0 Å². The summed E-state index contributed by atoms with van der Waals surface area (Å²) in [6.45, 7) is 12.1. The summed E-state index contributed by atoms with van der Waals surface area (Å²) in [5.74, 6) is -2.71. The highest BCUT2D eigenvalue weighted by Gasteiger charge is 2.64. The third-order valence-corrected chi connectivity index (χ3v) is 5.85. The van der Waals surface area contributed by atoms with E-state index in [0.29, 0.717) is 13.0 Å². The summed E-state index contributed by atoms with van der Waals surface area (Å²) in [4.78, 5) is 5.73. The van der Waals surface area contributed by atoms with Gasteiger partial charge < -0.3 is 33.3 Å². The average molecular weight is 431 g/mol. The topological polar surface area (TPSA) is 77.0 Å². The monoisotopic (exact) mass is 431 g/mol. The van der Waals surface area contributed by atoms with Gasteiger partial charge in [-0.15, -0.1) is 0 Å². The molecule has 31 heavy (non-hydrogen) atoms. The molecule has 0 N–H and O–H groups in total. The van der Waals surface area contributed by atoms with Crippen molar-refractivity contribution in [2.75, 3.05) is 13.2 Å². The Morgan fingerprint density at radius 2 is 1.81 bits per heavy atom. The predicted molar refractivity (Wildman–Crippen MR) is 110 cm³/mol. The van der Waals surface area contributed by atoms with Crippen molar-refractivity contribution in [1.29, 1.82) is 0 Å². The Balaban J connectivity index is 1.40. The first-order valence-corrected chi connectivity index (χ1v) is 10.6. The molecule has 0 amide bonds. The van der Waals surface area contributed by atoms with Gasteiger partial charge in [0, 0.05) is 6.42 Å². The Morgan fingerprint density at radius 3 is 2.48 bits per heavy atom. The molecule has 5 rings (SSSR count). The molecule has 4 aliphatic heterocycles. The first-order valence-electron chi connectivity index (χ1n) is 10.6. The summed E-state index contributed by atoms with van der Waals surface area (Å²) in [7, 11) is 0. The summed E-state index contributed by atoms with van der Waals surface area (Å²) in [6, 6.07) is 9.87. The lowest BCUT2D eigenvalue weighted by Gasteiger charge is -2.44. The van der Waals surface area contributed by atoms with E-state index in [1.165, 1.54) is 0 Å². The van der Waals surface area contributed by atoms with Crippen LogP contribution in [-0.2, 0) is 33.3 Å². The standard InChI is InChI=1S/C23H29NO7/c1-14-11-16(15-9-7-6-8-10-15)24-30-20(14)27-19-18-17(28-22(4,5)29-18)12-25-23(19)13-26-21(2,3)31-23/h6-10,17-20H,1,11-13H2,2-5H3/t17-,18-,19+,20?,23+/m1/s1. The van der Waals surface area contributed by atoms with Crippen molar-refractivity contribution >= 4 is 5.71 Å². The van der Waals surface area contributed by atoms with Gasteiger partial charge in [-0.1, -0.05) is 42.1 Å². The van der Waals surface area contributed by atoms with Gasteiger partial charge in [0.25, 0.3) is 0 Å². The van der Waals surface area contributed by atoms with Gasteiger partial charge in [0.05, 0.1) is 12.3 Å². The van der Waals surface area contributed by atoms with Crippen LogP contribution in [0.4, 0.5) is 0 Å². The van der Waals surface area contributed by atoms with Gasteiger partial charge in [-0.25, -0.2) is 0 Å². The van der Waals surface area contributed by atoms with E-state index in [4.69, 9.17) is 33.3 Å². The van der Waals surface area contributed by atoms with E-state index < -0.39 is 35.9 Å². The molecule has 3 fully saturated rings. The molecule has 5 atom stereocenters. The maximum Gasteiger partial charge on any atom is 0.249 e. The molecular formula is C23H29NO7. The van der Waals surface area contributed by atoms with Crippen LogP contribution in [0.1, 0.15) is 39.7 Å². The maximum atomic E-state index is 6.40. The van der Waals surface area contributed by atoms with Crippen molar-refractivity contribution in [2.45, 2.75) is 76.1 Å². The van der Waals surface area contributed by atoms with E-state index in [9.17, 15) is 0 Å². The molecule has 1 aromatic rings. The molecule has 0 aliphatic carbocycles. The van der Waals surface area contributed by atoms with E-state index in [1.807, 2.05) is 58.0 Å². The van der Waals surface area contributed by atoms with Crippen LogP contribution >= 0.6 is 0 Å². The number of rotatable bonds is 3. The molecule has 0 saturated carbocycles. The molecular weight excluding hydrogens is 402 g/mol. The zero-order valence-corrected chi connectivity index (χ0v) is 18.3. The van der Waals surface area contributed by atoms with E-state index >= 15 is 0 Å². The second-order valence-electron chi connectivity index (χ2n) is 9.29. The second kappa shape index (κ2) is 7.37. The summed E-state index contributed by atoms with van der Waals surface area (Å²) < 4.78 is 36.8. The lowest BCUT2D eigenvalue weighted by Crippen LogP contribution is -2.63. The van der Waals surface area contributed by atoms with Gasteiger partial charge in [-0.3, -0.25) is 0 Å². The van der Waals surface area contributed by atoms with Gasteiger partial charge >= 0.3 is 0 Å². The normalized spacial score (nSPS) is 38.6. The first-order chi connectivity index (χ1) is 14.7. The number of fused-ring (bicyclic) bond motifs is 1. The fraction of sp³-hybridized carbons (Fsp3) is 0.609. The van der Waals surface area contributed by atoms with Gasteiger partial charge in [-0.05, 0) is 38.8 Å². The van der Waals surface area contributed by atoms with Crippen molar-refractivity contribution in [1.82, 2.24) is 0 Å². The third-order valence-electron chi connectivity index (χ3n) is 5.85. The van der Waals surface area contributed by atoms with Crippen molar-refractivity contribution in [3.05, 3.63) is 48.0 Å². The van der Waals surface area contributed by atoms with E-state index in [2.05, 4.69) is 11.7 Å². The quantitative estimate of drug-likeness (QED) is 0.681. The highest BCUT2D eigenvalue weighted by atomic mass is 16.9. The second-order valence-corrected chi connectivity index (χ2v) is 9.29. The molecule has 0 aromatic heterocycles. The zero-order valence-electron chi connectivity index (χ0n) is 18.3. The maximum absolute atomic E-state index is 6.40. The SMILES string of the molecule is C=C1CC(c2ccccc2)=NOC1O[C@H]1[C@@H]2OC(C)(C)O[C@@H]2CO[C@]12COC(C)(C)O2. The van der Waals surface area contributed by atoms with Gasteiger partial charge in [0.2, 0.25) is 12.1 Å². The van der Waals surface area contributed by atoms with E-state index in [1.54, 1.807) is 0 Å². The number of ether oxygens (including phenoxy) is 6. The van der Waals surface area contributed by atoms with Crippen molar-refractivity contribution in [2.24, 2.45) is 5.16 Å². The molecule has 1 spiro atoms. The van der Waals surface area contributed by atoms with Crippen molar-refractivity contribution < 1.29 is 33.3 Å². The number of oxime groups is 1. The fourth-order valence-electron chi connectivity index (χ4n) is 4.50. The van der Waals surface area contributed by atoms with Crippen molar-refractivity contribution in [3.63, 3.8) is 0 Å². The van der Waals surface area contributed by atoms with Crippen LogP contribution in [0.25, 0.3) is 0 Å². The molecule has 1 unspecified atom stereocenters. The van der Waals surface area contributed by atoms with Gasteiger partial charge in [-0.2, -0.15) is 0 Å². The zero-order chi connectivity index (χ0) is 21.9. The molecule has 3 saturated heterocycles. The summed E-state index contributed by atoms with van der Waals surface area (Å²) in [5, 5.41) is 4.30. The first kappa shape index (κ1) is 21.1. The van der Waals surface area contributed by atoms with Crippen LogP contribution < -0.4 is 0 Å². The molecule has 4 heterocycles. The van der Waals surface area contributed by atoms with Crippen molar-refractivity contribution in [3.8, 4) is 0 Å². The molecule has 0 radical (unpaired) electrons. The Kier molecular flexibility index (Phi) is 5.00. The number of benzene rings is 1. The number of hydrogen-bond donors (Lipinski definition) is 0. The number of nitrogens with zero attached hydrogens (tertiary/aromatic N) is 1. The number of hydrogen-bond acceptors (Lipinski definition) is 8. The van der Waals surface area contributed by atoms with Gasteiger partial charge in [0.1, 0.15) is 24.9 Å². The Labute approximate surface area is 182 Å². The van der Waals surface area contributed by atoms with E-state index in [-0.39, 0.29) is 12.7 Å². The lowest BCUT2D eigenvalue weighted by molar-refractivity contribution is -0.352. The fourth-order valence-corrected chi connectivity index (χ4v) is 4.50. The summed E-state index contributed by atoms with van der Waals surface area (Å²) in [6.07, 6.45) is -1.61. The average Bonchev–Trinajstić information content (AvgIpc) is 3.21. The van der Waals surface area contributed by atoms with Crippen LogP contribution in [0.3, 0.4) is 0 Å². The Morgan fingerprint density at radius 1 is 1.03 bits per heavy atom. The largest absolute Gasteiger partial charge is 0.359 e. The summed E-state index contributed by atoms with van der Waals surface area (Å²) >= 11 is 0. The van der Waals surface area contributed by atoms with Crippen LogP contribution in [-0.4, -0.2) is 60.9 Å². The lowest BCUT2D eigenvalue weighted by atomic mass is 9.96. The minimum absolute atomic E-state index is 0.204. The molecule has 168 valence electrons. The van der Waals surface area contributed by atoms with E-state index in [0.717, 1.165) is 16.8 Å². The smallest absolute Gasteiger partial charge is 0.249 e. The minimum atomic E-state index is -1.14. The van der Waals surface area contributed by atoms with Crippen LogP contribution in [0, 0.1) is 0 Å². The third kappa shape index (κ3) is 3.92. The van der Waals surface area contributed by atoms with Crippen LogP contribution in [0.15, 0.2) is 47.6 Å². The summed E-state index contributed by atoms with van der Waals surface area (Å²) in [5.41, 5.74) is 2.55. The Hall–Kier alpha value is -1.81. The molecule has 0 bridgehead atoms. The molecule has 8 heteroatoms. The minimum Gasteiger partial charge on any atom is -0.359 e.